The average Bonchev–Trinajstić information content (AvgIpc) is 3.13. The van der Waals surface area contributed by atoms with Crippen molar-refractivity contribution in [3.05, 3.63) is 51.8 Å². The van der Waals surface area contributed by atoms with Gasteiger partial charge < -0.3 is 5.32 Å². The third-order valence-corrected chi connectivity index (χ3v) is 6.67. The second-order valence-electron chi connectivity index (χ2n) is 7.87. The Hall–Kier alpha value is -2.12. The first-order valence-electron chi connectivity index (χ1n) is 10.4. The van der Waals surface area contributed by atoms with Crippen LogP contribution in [-0.2, 0) is 11.2 Å². The van der Waals surface area contributed by atoms with Crippen molar-refractivity contribution in [2.24, 2.45) is 0 Å². The Morgan fingerprint density at radius 1 is 1.23 bits per heavy atom. The van der Waals surface area contributed by atoms with Crippen molar-refractivity contribution in [3.8, 4) is 0 Å². The molecule has 1 N–H and O–H groups in total. The lowest BCUT2D eigenvalue weighted by atomic mass is 9.95. The minimum Gasteiger partial charge on any atom is -0.353 e. The Labute approximate surface area is 185 Å². The number of fused-ring (bicyclic) bond motifs is 1. The van der Waals surface area contributed by atoms with Crippen molar-refractivity contribution in [2.45, 2.75) is 63.6 Å². The van der Waals surface area contributed by atoms with Gasteiger partial charge in [0, 0.05) is 28.9 Å². The van der Waals surface area contributed by atoms with Gasteiger partial charge in [0.1, 0.15) is 0 Å². The maximum absolute atomic E-state index is 12.3. The molecule has 2 heterocycles. The Morgan fingerprint density at radius 3 is 2.80 bits per heavy atom. The lowest BCUT2D eigenvalue weighted by Crippen LogP contribution is -2.37. The summed E-state index contributed by atoms with van der Waals surface area (Å²) in [5.74, 6) is 0.934. The maximum Gasteiger partial charge on any atom is 0.253 e. The van der Waals surface area contributed by atoms with Crippen LogP contribution in [0.1, 0.15) is 54.6 Å². The van der Waals surface area contributed by atoms with Gasteiger partial charge in [0.05, 0.1) is 5.75 Å². The molecule has 1 fully saturated rings. The molecule has 0 unspecified atom stereocenters. The molecule has 0 aliphatic heterocycles. The number of thioether (sulfide) groups is 1. The molecule has 0 atom stereocenters. The van der Waals surface area contributed by atoms with Gasteiger partial charge in [0.2, 0.25) is 11.1 Å². The Bertz CT molecular complexity index is 1060. The highest BCUT2D eigenvalue weighted by Crippen LogP contribution is 2.22. The zero-order valence-corrected chi connectivity index (χ0v) is 18.9. The van der Waals surface area contributed by atoms with Crippen molar-refractivity contribution < 1.29 is 4.79 Å². The van der Waals surface area contributed by atoms with Gasteiger partial charge in [-0.05, 0) is 49.9 Å². The SMILES string of the molecule is Cc1nc2nc(SCC(=O)NC3CCCCC3)nn2c(C)c1Cc1cccc(Cl)c1. The fourth-order valence-electron chi connectivity index (χ4n) is 4.00. The maximum atomic E-state index is 12.3. The van der Waals surface area contributed by atoms with Gasteiger partial charge >= 0.3 is 0 Å². The predicted molar refractivity (Wildman–Crippen MR) is 120 cm³/mol. The molecule has 4 rings (SSSR count). The Balaban J connectivity index is 1.47. The Kier molecular flexibility index (Phi) is 6.58. The number of nitrogens with one attached hydrogen (secondary N) is 1. The van der Waals surface area contributed by atoms with Crippen molar-refractivity contribution in [2.75, 3.05) is 5.75 Å². The number of carbonyl (C=O) groups excluding carboxylic acids is 1. The van der Waals surface area contributed by atoms with E-state index < -0.39 is 0 Å². The summed E-state index contributed by atoms with van der Waals surface area (Å²) in [5.41, 5.74) is 4.17. The summed E-state index contributed by atoms with van der Waals surface area (Å²) in [6, 6.07) is 8.18. The smallest absolute Gasteiger partial charge is 0.253 e. The number of amides is 1. The van der Waals surface area contributed by atoms with Crippen LogP contribution in [0.3, 0.4) is 0 Å². The molecule has 0 radical (unpaired) electrons. The number of halogens is 1. The summed E-state index contributed by atoms with van der Waals surface area (Å²) in [6.45, 7) is 4.02. The van der Waals surface area contributed by atoms with E-state index in [0.29, 0.717) is 22.7 Å². The molecule has 158 valence electrons. The summed E-state index contributed by atoms with van der Waals surface area (Å²) in [7, 11) is 0. The molecule has 0 spiro atoms. The van der Waals surface area contributed by atoms with Crippen LogP contribution < -0.4 is 5.32 Å². The lowest BCUT2D eigenvalue weighted by molar-refractivity contribution is -0.119. The average molecular weight is 444 g/mol. The molecule has 30 heavy (non-hydrogen) atoms. The van der Waals surface area contributed by atoms with Crippen molar-refractivity contribution in [1.29, 1.82) is 0 Å². The van der Waals surface area contributed by atoms with Gasteiger partial charge in [0.15, 0.2) is 0 Å². The van der Waals surface area contributed by atoms with Crippen molar-refractivity contribution >= 4 is 35.0 Å². The molecule has 0 bridgehead atoms. The second kappa shape index (κ2) is 9.35. The number of hydrogen-bond donors (Lipinski definition) is 1. The van der Waals surface area contributed by atoms with E-state index in [1.54, 1.807) is 4.52 Å². The van der Waals surface area contributed by atoms with Gasteiger partial charge in [-0.3, -0.25) is 4.79 Å². The zero-order valence-electron chi connectivity index (χ0n) is 17.3. The molecule has 1 aliphatic carbocycles. The first-order valence-corrected chi connectivity index (χ1v) is 11.8. The predicted octanol–water partition coefficient (Wildman–Crippen LogP) is 4.53. The first kappa shape index (κ1) is 21.1. The molecule has 1 aromatic carbocycles. The normalized spacial score (nSPS) is 14.9. The van der Waals surface area contributed by atoms with Crippen molar-refractivity contribution in [1.82, 2.24) is 24.9 Å². The molecular formula is C22H26ClN5OS. The minimum absolute atomic E-state index is 0.0493. The standard InChI is InChI=1S/C22H26ClN5OS/c1-14-19(12-16-7-6-8-17(23)11-16)15(2)28-21(24-14)26-22(27-28)30-13-20(29)25-18-9-4-3-5-10-18/h6-8,11,18H,3-5,9-10,12-13H2,1-2H3,(H,25,29). The molecule has 6 nitrogen and oxygen atoms in total. The number of benzene rings is 1. The summed E-state index contributed by atoms with van der Waals surface area (Å²) in [5, 5.41) is 9.03. The molecule has 8 heteroatoms. The number of aromatic nitrogens is 4. The topological polar surface area (TPSA) is 72.2 Å². The monoisotopic (exact) mass is 443 g/mol. The highest BCUT2D eigenvalue weighted by Gasteiger charge is 2.18. The fourth-order valence-corrected chi connectivity index (χ4v) is 4.85. The van der Waals surface area contributed by atoms with E-state index in [-0.39, 0.29) is 5.91 Å². The lowest BCUT2D eigenvalue weighted by Gasteiger charge is -2.22. The zero-order chi connectivity index (χ0) is 21.1. The fraction of sp³-hybridized carbons (Fsp3) is 0.455. The van der Waals surface area contributed by atoms with E-state index in [1.807, 2.05) is 32.0 Å². The van der Waals surface area contributed by atoms with Crippen LogP contribution in [0.25, 0.3) is 5.78 Å². The minimum atomic E-state index is 0.0493. The summed E-state index contributed by atoms with van der Waals surface area (Å²) >= 11 is 7.49. The van der Waals surface area contributed by atoms with Crippen LogP contribution >= 0.6 is 23.4 Å². The Morgan fingerprint density at radius 2 is 2.03 bits per heavy atom. The van der Waals surface area contributed by atoms with Gasteiger partial charge in [-0.25, -0.2) is 9.50 Å². The highest BCUT2D eigenvalue weighted by molar-refractivity contribution is 7.99. The third-order valence-electron chi connectivity index (χ3n) is 5.60. The van der Waals surface area contributed by atoms with Crippen LogP contribution in [0.15, 0.2) is 29.4 Å². The number of nitrogens with zero attached hydrogens (tertiary/aromatic N) is 4. The van der Waals surface area contributed by atoms with E-state index in [1.165, 1.54) is 31.0 Å². The molecule has 2 aromatic heterocycles. The van der Waals surface area contributed by atoms with E-state index in [9.17, 15) is 4.79 Å². The molecule has 1 aliphatic rings. The number of hydrogen-bond acceptors (Lipinski definition) is 5. The van der Waals surface area contributed by atoms with Crippen LogP contribution in [0.5, 0.6) is 0 Å². The van der Waals surface area contributed by atoms with Crippen LogP contribution in [0, 0.1) is 13.8 Å². The molecule has 1 amide bonds. The number of carbonyl (C=O) groups is 1. The van der Waals surface area contributed by atoms with Gasteiger partial charge in [-0.2, -0.15) is 4.98 Å². The van der Waals surface area contributed by atoms with Gasteiger partial charge in [0.25, 0.3) is 5.78 Å². The largest absolute Gasteiger partial charge is 0.353 e. The van der Waals surface area contributed by atoms with E-state index in [0.717, 1.165) is 46.8 Å². The molecule has 0 saturated heterocycles. The summed E-state index contributed by atoms with van der Waals surface area (Å²) in [6.07, 6.45) is 6.58. The summed E-state index contributed by atoms with van der Waals surface area (Å²) in [4.78, 5) is 21.4. The van der Waals surface area contributed by atoms with E-state index in [4.69, 9.17) is 11.6 Å². The molecular weight excluding hydrogens is 418 g/mol. The number of aryl methyl sites for hydroxylation is 2. The van der Waals surface area contributed by atoms with Crippen molar-refractivity contribution in [3.63, 3.8) is 0 Å². The van der Waals surface area contributed by atoms with Gasteiger partial charge in [-0.1, -0.05) is 54.8 Å². The third kappa shape index (κ3) is 4.95. The van der Waals surface area contributed by atoms with Gasteiger partial charge in [-0.15, -0.1) is 5.10 Å². The van der Waals surface area contributed by atoms with E-state index >= 15 is 0 Å². The quantitative estimate of drug-likeness (QED) is 0.567. The number of rotatable bonds is 6. The molecule has 1 saturated carbocycles. The second-order valence-corrected chi connectivity index (χ2v) is 9.24. The first-order chi connectivity index (χ1) is 14.5. The highest BCUT2D eigenvalue weighted by atomic mass is 35.5. The van der Waals surface area contributed by atoms with Crippen LogP contribution in [0.2, 0.25) is 5.02 Å². The van der Waals surface area contributed by atoms with E-state index in [2.05, 4.69) is 26.4 Å². The molecule has 3 aromatic rings. The van der Waals surface area contributed by atoms with Crippen LogP contribution in [0.4, 0.5) is 0 Å². The van der Waals surface area contributed by atoms with Crippen LogP contribution in [-0.4, -0.2) is 37.3 Å². The summed E-state index contributed by atoms with van der Waals surface area (Å²) < 4.78 is 1.77.